The molecule has 1 aliphatic heterocycles. The molecule has 4 nitrogen and oxygen atoms in total. The number of ether oxygens (including phenoxy) is 2. The molecule has 21 heavy (non-hydrogen) atoms. The highest BCUT2D eigenvalue weighted by Gasteiger charge is 2.33. The van der Waals surface area contributed by atoms with Crippen molar-refractivity contribution in [2.45, 2.75) is 57.2 Å². The average Bonchev–Trinajstić information content (AvgIpc) is 3.10. The zero-order valence-electron chi connectivity index (χ0n) is 12.9. The molecule has 3 rings (SSSR count). The molecule has 2 aliphatic rings. The van der Waals surface area contributed by atoms with Crippen LogP contribution in [0.4, 0.5) is 0 Å². The van der Waals surface area contributed by atoms with Gasteiger partial charge in [0.2, 0.25) is 0 Å². The van der Waals surface area contributed by atoms with Gasteiger partial charge in [-0.05, 0) is 31.9 Å². The van der Waals surface area contributed by atoms with Crippen molar-refractivity contribution in [1.82, 2.24) is 5.32 Å². The van der Waals surface area contributed by atoms with Crippen molar-refractivity contribution < 1.29 is 14.6 Å². The van der Waals surface area contributed by atoms with E-state index in [4.69, 9.17) is 9.47 Å². The third kappa shape index (κ3) is 2.87. The monoisotopic (exact) mass is 291 g/mol. The molecule has 0 bridgehead atoms. The number of aliphatic hydroxyl groups excluding tert-OH is 1. The van der Waals surface area contributed by atoms with Crippen LogP contribution in [0.5, 0.6) is 11.5 Å². The van der Waals surface area contributed by atoms with Crippen molar-refractivity contribution >= 4 is 0 Å². The molecular weight excluding hydrogens is 266 g/mol. The molecule has 1 atom stereocenters. The number of fused-ring (bicyclic) bond motifs is 1. The second kappa shape index (κ2) is 5.85. The van der Waals surface area contributed by atoms with Crippen molar-refractivity contribution in [1.29, 1.82) is 0 Å². The van der Waals surface area contributed by atoms with Gasteiger partial charge in [-0.1, -0.05) is 12.8 Å². The Labute approximate surface area is 126 Å². The normalized spacial score (nSPS) is 22.9. The topological polar surface area (TPSA) is 50.7 Å². The maximum Gasteiger partial charge on any atom is 0.127 e. The summed E-state index contributed by atoms with van der Waals surface area (Å²) in [5, 5.41) is 13.3. The molecule has 1 fully saturated rings. The number of methoxy groups -OCH3 is 1. The summed E-state index contributed by atoms with van der Waals surface area (Å²) in [7, 11) is 1.70. The third-order valence-electron chi connectivity index (χ3n) is 4.80. The zero-order chi connectivity index (χ0) is 14.9. The van der Waals surface area contributed by atoms with Crippen LogP contribution >= 0.6 is 0 Å². The van der Waals surface area contributed by atoms with Gasteiger partial charge >= 0.3 is 0 Å². The van der Waals surface area contributed by atoms with E-state index >= 15 is 0 Å². The van der Waals surface area contributed by atoms with Gasteiger partial charge in [-0.25, -0.2) is 0 Å². The highest BCUT2D eigenvalue weighted by molar-refractivity contribution is 5.49. The lowest BCUT2D eigenvalue weighted by molar-refractivity contribution is 0.162. The van der Waals surface area contributed by atoms with E-state index in [-0.39, 0.29) is 18.2 Å². The number of benzene rings is 1. The number of aliphatic hydroxyl groups is 1. The smallest absolute Gasteiger partial charge is 0.127 e. The third-order valence-corrected chi connectivity index (χ3v) is 4.80. The maximum absolute atomic E-state index is 9.71. The molecule has 0 radical (unpaired) electrons. The Morgan fingerprint density at radius 2 is 2.14 bits per heavy atom. The van der Waals surface area contributed by atoms with Crippen molar-refractivity contribution in [3.63, 3.8) is 0 Å². The number of hydrogen-bond acceptors (Lipinski definition) is 4. The highest BCUT2D eigenvalue weighted by atomic mass is 16.5. The number of rotatable bonds is 5. The summed E-state index contributed by atoms with van der Waals surface area (Å²) in [4.78, 5) is 0. The Morgan fingerprint density at radius 3 is 2.81 bits per heavy atom. The standard InChI is InChI=1S/C17H25NO3/c1-12-7-13-8-15(20-2)9-14(16(13)21-12)10-18-17(11-19)5-3-4-6-17/h8-9,12,18-19H,3-7,10-11H2,1-2H3. The SMILES string of the molecule is COc1cc(CNC2(CO)CCCC2)c2c(c1)CC(C)O2. The van der Waals surface area contributed by atoms with Gasteiger partial charge in [0.15, 0.2) is 0 Å². The molecule has 0 spiro atoms. The lowest BCUT2D eigenvalue weighted by atomic mass is 9.98. The van der Waals surface area contributed by atoms with Gasteiger partial charge in [-0.3, -0.25) is 0 Å². The fourth-order valence-electron chi connectivity index (χ4n) is 3.55. The minimum Gasteiger partial charge on any atom is -0.497 e. The zero-order valence-corrected chi connectivity index (χ0v) is 12.9. The summed E-state index contributed by atoms with van der Waals surface area (Å²) >= 11 is 0. The number of hydrogen-bond donors (Lipinski definition) is 2. The van der Waals surface area contributed by atoms with E-state index in [0.29, 0.717) is 6.54 Å². The van der Waals surface area contributed by atoms with Crippen molar-refractivity contribution in [2.75, 3.05) is 13.7 Å². The highest BCUT2D eigenvalue weighted by Crippen LogP contribution is 2.37. The summed E-state index contributed by atoms with van der Waals surface area (Å²) < 4.78 is 11.4. The first kappa shape index (κ1) is 14.7. The predicted molar refractivity (Wildman–Crippen MR) is 81.9 cm³/mol. The van der Waals surface area contributed by atoms with E-state index in [9.17, 15) is 5.11 Å². The van der Waals surface area contributed by atoms with Crippen LogP contribution < -0.4 is 14.8 Å². The van der Waals surface area contributed by atoms with Crippen LogP contribution in [0.2, 0.25) is 0 Å². The molecule has 4 heteroatoms. The van der Waals surface area contributed by atoms with E-state index in [2.05, 4.69) is 18.3 Å². The molecular formula is C17H25NO3. The summed E-state index contributed by atoms with van der Waals surface area (Å²) in [6.45, 7) is 3.01. The molecule has 1 saturated carbocycles. The first-order valence-corrected chi connectivity index (χ1v) is 7.88. The van der Waals surface area contributed by atoms with Gasteiger partial charge in [0, 0.05) is 29.6 Å². The largest absolute Gasteiger partial charge is 0.497 e. The van der Waals surface area contributed by atoms with Crippen molar-refractivity contribution in [3.05, 3.63) is 23.3 Å². The van der Waals surface area contributed by atoms with Gasteiger partial charge in [0.25, 0.3) is 0 Å². The van der Waals surface area contributed by atoms with E-state index in [0.717, 1.165) is 36.3 Å². The first-order valence-electron chi connectivity index (χ1n) is 7.88. The van der Waals surface area contributed by atoms with E-state index in [1.165, 1.54) is 18.4 Å². The molecule has 2 N–H and O–H groups in total. The van der Waals surface area contributed by atoms with Gasteiger partial charge in [0.1, 0.15) is 17.6 Å². The lowest BCUT2D eigenvalue weighted by Crippen LogP contribution is -2.45. The minimum absolute atomic E-state index is 0.111. The number of nitrogens with one attached hydrogen (secondary N) is 1. The van der Waals surface area contributed by atoms with Gasteiger partial charge in [-0.15, -0.1) is 0 Å². The minimum atomic E-state index is -0.111. The molecule has 1 aromatic rings. The van der Waals surface area contributed by atoms with Crippen LogP contribution in [0.3, 0.4) is 0 Å². The van der Waals surface area contributed by atoms with Crippen LogP contribution in [0.15, 0.2) is 12.1 Å². The van der Waals surface area contributed by atoms with Crippen LogP contribution in [0.25, 0.3) is 0 Å². The second-order valence-electron chi connectivity index (χ2n) is 6.41. The van der Waals surface area contributed by atoms with Crippen LogP contribution in [-0.4, -0.2) is 30.5 Å². The van der Waals surface area contributed by atoms with Crippen molar-refractivity contribution in [2.24, 2.45) is 0 Å². The van der Waals surface area contributed by atoms with Gasteiger partial charge in [0.05, 0.1) is 13.7 Å². The first-order chi connectivity index (χ1) is 10.2. The summed E-state index contributed by atoms with van der Waals surface area (Å²) in [6.07, 6.45) is 5.64. The van der Waals surface area contributed by atoms with Crippen LogP contribution in [0.1, 0.15) is 43.7 Å². The van der Waals surface area contributed by atoms with Gasteiger partial charge < -0.3 is 19.9 Å². The Bertz CT molecular complexity index is 509. The fourth-order valence-corrected chi connectivity index (χ4v) is 3.55. The van der Waals surface area contributed by atoms with Crippen LogP contribution in [0, 0.1) is 0 Å². The summed E-state index contributed by atoms with van der Waals surface area (Å²) in [5.41, 5.74) is 2.25. The molecule has 0 aromatic heterocycles. The summed E-state index contributed by atoms with van der Waals surface area (Å²) in [6, 6.07) is 4.11. The molecule has 116 valence electrons. The molecule has 1 heterocycles. The molecule has 0 amide bonds. The quantitative estimate of drug-likeness (QED) is 0.875. The Kier molecular flexibility index (Phi) is 4.09. The molecule has 1 aliphatic carbocycles. The second-order valence-corrected chi connectivity index (χ2v) is 6.41. The summed E-state index contributed by atoms with van der Waals surface area (Å²) in [5.74, 6) is 1.88. The average molecular weight is 291 g/mol. The Hall–Kier alpha value is -1.26. The molecule has 1 unspecified atom stereocenters. The van der Waals surface area contributed by atoms with Gasteiger partial charge in [-0.2, -0.15) is 0 Å². The predicted octanol–water partition coefficient (Wildman–Crippen LogP) is 2.41. The molecule has 0 saturated heterocycles. The van der Waals surface area contributed by atoms with Crippen molar-refractivity contribution in [3.8, 4) is 11.5 Å². The van der Waals surface area contributed by atoms with E-state index < -0.39 is 0 Å². The Balaban J connectivity index is 1.80. The lowest BCUT2D eigenvalue weighted by Gasteiger charge is -2.28. The maximum atomic E-state index is 9.71. The van der Waals surface area contributed by atoms with E-state index in [1.807, 2.05) is 6.07 Å². The van der Waals surface area contributed by atoms with E-state index in [1.54, 1.807) is 7.11 Å². The molecule has 1 aromatic carbocycles. The fraction of sp³-hybridized carbons (Fsp3) is 0.647. The Morgan fingerprint density at radius 1 is 1.38 bits per heavy atom. The van der Waals surface area contributed by atoms with Crippen LogP contribution in [-0.2, 0) is 13.0 Å².